The van der Waals surface area contributed by atoms with E-state index in [4.69, 9.17) is 5.14 Å². The minimum atomic E-state index is -3.88. The molecule has 164 valence electrons. The van der Waals surface area contributed by atoms with E-state index in [1.54, 1.807) is 24.7 Å². The zero-order valence-electron chi connectivity index (χ0n) is 17.3. The fourth-order valence-corrected chi connectivity index (χ4v) is 4.52. The van der Waals surface area contributed by atoms with Crippen LogP contribution in [-0.4, -0.2) is 39.8 Å². The lowest BCUT2D eigenvalue weighted by Crippen LogP contribution is -2.17. The molecule has 2 aromatic heterocycles. The van der Waals surface area contributed by atoms with Crippen LogP contribution in [-0.2, 0) is 14.8 Å². The number of primary sulfonamides is 1. The highest BCUT2D eigenvalue weighted by atomic mass is 32.2. The minimum Gasteiger partial charge on any atom is -0.325 e. The van der Waals surface area contributed by atoms with Gasteiger partial charge in [-0.3, -0.25) is 4.79 Å². The predicted octanol–water partition coefficient (Wildman–Crippen LogP) is 2.81. The highest BCUT2D eigenvalue weighted by molar-refractivity contribution is 8.00. The van der Waals surface area contributed by atoms with Crippen LogP contribution < -0.4 is 10.5 Å². The van der Waals surface area contributed by atoms with Crippen LogP contribution in [0, 0.1) is 13.8 Å². The van der Waals surface area contributed by atoms with Crippen LogP contribution in [0.15, 0.2) is 64.9 Å². The number of benzene rings is 2. The lowest BCUT2D eigenvalue weighted by molar-refractivity contribution is -0.113. The van der Waals surface area contributed by atoms with Gasteiger partial charge in [-0.25, -0.2) is 28.2 Å². The molecule has 0 aliphatic carbocycles. The summed E-state index contributed by atoms with van der Waals surface area (Å²) in [6.07, 6.45) is 3.11. The summed E-state index contributed by atoms with van der Waals surface area (Å²) < 4.78 is 25.1. The Kier molecular flexibility index (Phi) is 5.96. The number of aromatic nitrogens is 4. The Morgan fingerprint density at radius 2 is 1.91 bits per heavy atom. The van der Waals surface area contributed by atoms with Crippen molar-refractivity contribution in [1.29, 1.82) is 0 Å². The summed E-state index contributed by atoms with van der Waals surface area (Å²) in [7, 11) is -3.88. The van der Waals surface area contributed by atoms with Crippen LogP contribution in [0.5, 0.6) is 0 Å². The average molecular weight is 469 g/mol. The summed E-state index contributed by atoms with van der Waals surface area (Å²) in [5, 5.41) is 13.8. The van der Waals surface area contributed by atoms with Gasteiger partial charge in [0.15, 0.2) is 5.65 Å². The number of amides is 1. The van der Waals surface area contributed by atoms with E-state index in [1.165, 1.54) is 30.2 Å². The quantitative estimate of drug-likeness (QED) is 0.328. The molecule has 4 aromatic rings. The van der Waals surface area contributed by atoms with E-state index in [2.05, 4.69) is 20.4 Å². The van der Waals surface area contributed by atoms with Gasteiger partial charge in [-0.1, -0.05) is 30.0 Å². The van der Waals surface area contributed by atoms with Gasteiger partial charge in [0.05, 0.1) is 27.9 Å². The number of nitrogens with one attached hydrogen (secondary N) is 1. The molecule has 0 saturated carbocycles. The summed E-state index contributed by atoms with van der Waals surface area (Å²) in [5.41, 5.74) is 3.40. The number of fused-ring (bicyclic) bond motifs is 1. The molecule has 0 bridgehead atoms. The number of nitrogens with zero attached hydrogens (tertiary/aromatic N) is 4. The lowest BCUT2D eigenvalue weighted by Gasteiger charge is -2.12. The number of hydrogen-bond donors (Lipinski definition) is 2. The highest BCUT2D eigenvalue weighted by Gasteiger charge is 2.16. The van der Waals surface area contributed by atoms with Crippen LogP contribution in [0.4, 0.5) is 5.69 Å². The van der Waals surface area contributed by atoms with Gasteiger partial charge < -0.3 is 5.32 Å². The number of para-hydroxylation sites is 1. The van der Waals surface area contributed by atoms with Crippen molar-refractivity contribution in [3.05, 3.63) is 66.1 Å². The normalized spacial score (nSPS) is 11.6. The predicted molar refractivity (Wildman–Crippen MR) is 123 cm³/mol. The van der Waals surface area contributed by atoms with E-state index in [0.717, 1.165) is 16.6 Å². The second-order valence-corrected chi connectivity index (χ2v) is 9.63. The van der Waals surface area contributed by atoms with E-state index >= 15 is 0 Å². The van der Waals surface area contributed by atoms with Crippen molar-refractivity contribution in [3.63, 3.8) is 0 Å². The summed E-state index contributed by atoms with van der Waals surface area (Å²) in [6, 6.07) is 12.5. The Morgan fingerprint density at radius 3 is 2.62 bits per heavy atom. The Bertz CT molecular complexity index is 1420. The highest BCUT2D eigenvalue weighted by Crippen LogP contribution is 2.27. The molecule has 4 rings (SSSR count). The minimum absolute atomic E-state index is 0.0469. The maximum atomic E-state index is 12.6. The molecule has 1 amide bonds. The summed E-state index contributed by atoms with van der Waals surface area (Å²) in [4.78, 5) is 21.2. The fourth-order valence-electron chi connectivity index (χ4n) is 3.14. The summed E-state index contributed by atoms with van der Waals surface area (Å²) in [6.45, 7) is 3.56. The second kappa shape index (κ2) is 8.69. The van der Waals surface area contributed by atoms with Gasteiger partial charge >= 0.3 is 0 Å². The first-order valence-electron chi connectivity index (χ1n) is 9.55. The molecule has 32 heavy (non-hydrogen) atoms. The molecule has 0 unspecified atom stereocenters. The van der Waals surface area contributed by atoms with Crippen LogP contribution >= 0.6 is 11.8 Å². The maximum Gasteiger partial charge on any atom is 0.238 e. The van der Waals surface area contributed by atoms with Crippen LogP contribution in [0.3, 0.4) is 0 Å². The lowest BCUT2D eigenvalue weighted by atomic mass is 10.1. The molecule has 2 aromatic carbocycles. The molecule has 0 saturated heterocycles. The first kappa shape index (κ1) is 21.9. The van der Waals surface area contributed by atoms with E-state index < -0.39 is 10.0 Å². The molecule has 9 nitrogen and oxygen atoms in total. The third-order valence-corrected chi connectivity index (χ3v) is 6.81. The summed E-state index contributed by atoms with van der Waals surface area (Å²) in [5.74, 6) is -0.230. The number of carbonyl (C=O) groups excluding carboxylic acids is 1. The average Bonchev–Trinajstić information content (AvgIpc) is 3.20. The van der Waals surface area contributed by atoms with Gasteiger partial charge in [0, 0.05) is 5.69 Å². The number of rotatable bonds is 6. The van der Waals surface area contributed by atoms with Crippen LogP contribution in [0.25, 0.3) is 16.7 Å². The standard InChI is InChI=1S/C21H20N6O3S2/c1-13-8-16(32(22,29)30)9-18(14(13)2)26-19(28)11-31-21-17-10-25-27(20(17)23-12-24-21)15-6-4-3-5-7-15/h3-10,12H,11H2,1-2H3,(H,26,28)(H2,22,29,30). The molecular formula is C21H20N6O3S2. The molecule has 11 heteroatoms. The molecule has 0 spiro atoms. The number of nitrogens with two attached hydrogens (primary N) is 1. The number of carbonyl (C=O) groups is 1. The first-order chi connectivity index (χ1) is 15.2. The third kappa shape index (κ3) is 4.49. The first-order valence-corrected chi connectivity index (χ1v) is 12.1. The van der Waals surface area contributed by atoms with Gasteiger partial charge in [-0.2, -0.15) is 5.10 Å². The van der Waals surface area contributed by atoms with Crippen molar-refractivity contribution in [2.45, 2.75) is 23.8 Å². The van der Waals surface area contributed by atoms with Crippen LogP contribution in [0.2, 0.25) is 0 Å². The maximum absolute atomic E-state index is 12.6. The topological polar surface area (TPSA) is 133 Å². The number of sulfonamides is 1. The van der Waals surface area contributed by atoms with Crippen molar-refractivity contribution in [3.8, 4) is 5.69 Å². The Balaban J connectivity index is 1.53. The molecule has 0 aliphatic rings. The van der Waals surface area contributed by atoms with Gasteiger partial charge in [0.25, 0.3) is 0 Å². The Labute approximate surface area is 189 Å². The van der Waals surface area contributed by atoms with E-state index in [9.17, 15) is 13.2 Å². The number of hydrogen-bond acceptors (Lipinski definition) is 7. The zero-order valence-corrected chi connectivity index (χ0v) is 18.9. The number of aryl methyl sites for hydroxylation is 1. The SMILES string of the molecule is Cc1cc(S(N)(=O)=O)cc(NC(=O)CSc2ncnc3c2cnn3-c2ccccc2)c1C. The van der Waals surface area contributed by atoms with Crippen LogP contribution in [0.1, 0.15) is 11.1 Å². The Hall–Kier alpha value is -3.28. The zero-order chi connectivity index (χ0) is 22.9. The van der Waals surface area contributed by atoms with Gasteiger partial charge in [0.2, 0.25) is 15.9 Å². The smallest absolute Gasteiger partial charge is 0.238 e. The van der Waals surface area contributed by atoms with Crippen molar-refractivity contribution < 1.29 is 13.2 Å². The number of anilines is 1. The molecule has 0 fully saturated rings. The van der Waals surface area contributed by atoms with Crippen molar-refractivity contribution in [1.82, 2.24) is 19.7 Å². The van der Waals surface area contributed by atoms with E-state index in [-0.39, 0.29) is 16.6 Å². The molecule has 3 N–H and O–H groups in total. The molecule has 0 atom stereocenters. The monoisotopic (exact) mass is 468 g/mol. The molecule has 0 radical (unpaired) electrons. The Morgan fingerprint density at radius 1 is 1.16 bits per heavy atom. The molecular weight excluding hydrogens is 448 g/mol. The second-order valence-electron chi connectivity index (χ2n) is 7.10. The number of thioether (sulfide) groups is 1. The largest absolute Gasteiger partial charge is 0.325 e. The van der Waals surface area contributed by atoms with Crippen molar-refractivity contribution in [2.24, 2.45) is 5.14 Å². The van der Waals surface area contributed by atoms with Crippen molar-refractivity contribution >= 4 is 44.4 Å². The third-order valence-electron chi connectivity index (χ3n) is 4.91. The summed E-state index contributed by atoms with van der Waals surface area (Å²) >= 11 is 1.25. The van der Waals surface area contributed by atoms with Crippen molar-refractivity contribution in [2.75, 3.05) is 11.1 Å². The molecule has 0 aliphatic heterocycles. The molecule has 2 heterocycles. The van der Waals surface area contributed by atoms with E-state index in [1.807, 2.05) is 30.3 Å². The van der Waals surface area contributed by atoms with Gasteiger partial charge in [-0.15, -0.1) is 0 Å². The van der Waals surface area contributed by atoms with Gasteiger partial charge in [0.1, 0.15) is 11.4 Å². The fraction of sp³-hybridized carbons (Fsp3) is 0.143. The van der Waals surface area contributed by atoms with Gasteiger partial charge in [-0.05, 0) is 49.2 Å². The van der Waals surface area contributed by atoms with E-state index in [0.29, 0.717) is 21.9 Å².